The van der Waals surface area contributed by atoms with Gasteiger partial charge in [-0.3, -0.25) is 9.69 Å². The fourth-order valence-electron chi connectivity index (χ4n) is 5.88. The Hall–Kier alpha value is -4.16. The molecule has 2 N–H and O–H groups in total. The number of anilines is 3. The van der Waals surface area contributed by atoms with E-state index >= 15 is 0 Å². The van der Waals surface area contributed by atoms with Crippen molar-refractivity contribution in [3.05, 3.63) is 65.4 Å². The van der Waals surface area contributed by atoms with E-state index in [4.69, 9.17) is 9.72 Å². The van der Waals surface area contributed by atoms with Gasteiger partial charge >= 0.3 is 6.18 Å². The summed E-state index contributed by atoms with van der Waals surface area (Å²) in [4.78, 5) is 24.7. The summed E-state index contributed by atoms with van der Waals surface area (Å²) < 4.78 is 50.8. The largest absolute Gasteiger partial charge is 0.457 e. The van der Waals surface area contributed by atoms with Crippen LogP contribution in [-0.4, -0.2) is 63.0 Å². The lowest BCUT2D eigenvalue weighted by Crippen LogP contribution is -2.45. The molecule has 1 amide bonds. The van der Waals surface area contributed by atoms with Gasteiger partial charge in [-0.05, 0) is 55.3 Å². The highest BCUT2D eigenvalue weighted by atomic mass is 19.4. The zero-order valence-corrected chi connectivity index (χ0v) is 24.2. The monoisotopic (exact) mass is 593 g/mol. The Balaban J connectivity index is 1.26. The molecule has 2 aliphatic rings. The lowest BCUT2D eigenvalue weighted by atomic mass is 10.0. The van der Waals surface area contributed by atoms with Crippen LogP contribution in [0, 0.1) is 0 Å². The summed E-state index contributed by atoms with van der Waals surface area (Å²) in [5, 5.41) is 5.82. The second-order valence-corrected chi connectivity index (χ2v) is 11.0. The number of ether oxygens (including phenoxy) is 1. The van der Waals surface area contributed by atoms with E-state index < -0.39 is 11.7 Å². The van der Waals surface area contributed by atoms with E-state index in [0.29, 0.717) is 35.5 Å². The van der Waals surface area contributed by atoms with Crippen LogP contribution in [0.2, 0.25) is 0 Å². The van der Waals surface area contributed by atoms with Crippen molar-refractivity contribution in [3.8, 4) is 11.5 Å². The molecular formula is C31H34F3N7O2. The topological polar surface area (TPSA) is 87.6 Å². The number of carbonyl (C=O) groups excluding carboxylic acids is 1. The second-order valence-electron chi connectivity index (χ2n) is 11.0. The number of hydrogen-bond donors (Lipinski definition) is 2. The predicted molar refractivity (Wildman–Crippen MR) is 159 cm³/mol. The summed E-state index contributed by atoms with van der Waals surface area (Å²) >= 11 is 0. The van der Waals surface area contributed by atoms with Gasteiger partial charge in [-0.2, -0.15) is 13.2 Å². The first kappa shape index (κ1) is 28.9. The Kier molecular flexibility index (Phi) is 7.97. The Morgan fingerprint density at radius 3 is 2.56 bits per heavy atom. The Morgan fingerprint density at radius 2 is 1.81 bits per heavy atom. The van der Waals surface area contributed by atoms with Crippen molar-refractivity contribution in [2.45, 2.75) is 46.0 Å². The van der Waals surface area contributed by atoms with Gasteiger partial charge in [-0.1, -0.05) is 13.0 Å². The van der Waals surface area contributed by atoms with Crippen LogP contribution in [0.5, 0.6) is 11.5 Å². The number of nitrogens with zero attached hydrogens (tertiary/aromatic N) is 5. The molecule has 1 fully saturated rings. The van der Waals surface area contributed by atoms with Crippen molar-refractivity contribution in [1.82, 2.24) is 24.3 Å². The Labute approximate surface area is 247 Å². The zero-order valence-electron chi connectivity index (χ0n) is 24.2. The minimum atomic E-state index is -4.48. The number of alkyl halides is 3. The lowest BCUT2D eigenvalue weighted by Gasteiger charge is -2.34. The number of pyridine rings is 1. The van der Waals surface area contributed by atoms with Crippen LogP contribution < -0.4 is 15.4 Å². The second kappa shape index (κ2) is 11.8. The number of rotatable bonds is 8. The molecule has 2 aliphatic heterocycles. The smallest absolute Gasteiger partial charge is 0.416 e. The number of likely N-dealkylation sites (N-methyl/N-ethyl adjacent to an activating group) is 1. The number of amides is 1. The number of aromatic nitrogens is 3. The Morgan fingerprint density at radius 1 is 1.02 bits per heavy atom. The molecular weight excluding hydrogens is 559 g/mol. The van der Waals surface area contributed by atoms with Gasteiger partial charge in [0, 0.05) is 69.7 Å². The van der Waals surface area contributed by atoms with E-state index in [2.05, 4.69) is 32.3 Å². The van der Waals surface area contributed by atoms with Crippen molar-refractivity contribution >= 4 is 34.4 Å². The molecule has 4 aromatic rings. The minimum absolute atomic E-state index is 0.229. The Bertz CT molecular complexity index is 1640. The molecule has 226 valence electrons. The van der Waals surface area contributed by atoms with Gasteiger partial charge in [0.15, 0.2) is 0 Å². The van der Waals surface area contributed by atoms with Gasteiger partial charge in [0.05, 0.1) is 16.6 Å². The number of halogens is 3. The summed E-state index contributed by atoms with van der Waals surface area (Å²) in [6.45, 7) is 8.63. The molecule has 4 heterocycles. The molecule has 0 bridgehead atoms. The predicted octanol–water partition coefficient (Wildman–Crippen LogP) is 6.03. The molecule has 0 saturated carbocycles. The first-order chi connectivity index (χ1) is 20.7. The third-order valence-corrected chi connectivity index (χ3v) is 8.02. The molecule has 0 atom stereocenters. The van der Waals surface area contributed by atoms with Crippen molar-refractivity contribution in [3.63, 3.8) is 0 Å². The number of imidazole rings is 1. The maximum Gasteiger partial charge on any atom is 0.416 e. The quantitative estimate of drug-likeness (QED) is 0.258. The van der Waals surface area contributed by atoms with Crippen LogP contribution in [0.3, 0.4) is 0 Å². The molecule has 0 spiro atoms. The summed E-state index contributed by atoms with van der Waals surface area (Å²) in [6.07, 6.45) is -1.33. The standard InChI is InChI=1S/C31H34F3N7O2/c1-3-39-13-15-40(16-14-39)19-21-6-7-22(17-25(21)31(32,33)34)37-30-38-26-8-9-27(24-5-4-12-41(30)29(24)26)43-23-10-11-35-28(18-23)36-20(2)42/h6-11,17-18H,3-5,12-16,19H2,1-2H3,(H,37,38)(H,35,36,42). The minimum Gasteiger partial charge on any atom is -0.457 e. The highest BCUT2D eigenvalue weighted by Gasteiger charge is 2.34. The number of aryl methyl sites for hydroxylation is 2. The molecule has 0 aliphatic carbocycles. The highest BCUT2D eigenvalue weighted by Crippen LogP contribution is 2.39. The summed E-state index contributed by atoms with van der Waals surface area (Å²) in [5.74, 6) is 1.83. The van der Waals surface area contributed by atoms with Crippen LogP contribution in [0.15, 0.2) is 48.7 Å². The van der Waals surface area contributed by atoms with E-state index in [1.807, 2.05) is 16.7 Å². The maximum atomic E-state index is 14.2. The normalized spacial score (nSPS) is 15.9. The van der Waals surface area contributed by atoms with Crippen LogP contribution in [-0.2, 0) is 30.5 Å². The molecule has 2 aromatic carbocycles. The molecule has 2 aromatic heterocycles. The average molecular weight is 594 g/mol. The first-order valence-corrected chi connectivity index (χ1v) is 14.5. The van der Waals surface area contributed by atoms with Gasteiger partial charge in [0.25, 0.3) is 0 Å². The van der Waals surface area contributed by atoms with E-state index in [1.54, 1.807) is 30.5 Å². The highest BCUT2D eigenvalue weighted by molar-refractivity contribution is 5.88. The number of piperazine rings is 1. The SMILES string of the molecule is CCN1CCN(Cc2ccc(Nc3nc4ccc(Oc5ccnc(NC(C)=O)c5)c5c4n3CCC5)cc2C(F)(F)F)CC1. The fourth-order valence-corrected chi connectivity index (χ4v) is 5.88. The van der Waals surface area contributed by atoms with Gasteiger partial charge in [0.2, 0.25) is 11.9 Å². The molecule has 6 rings (SSSR count). The number of hydrogen-bond acceptors (Lipinski definition) is 7. The fraction of sp³-hybridized carbons (Fsp3) is 0.387. The molecule has 12 heteroatoms. The van der Waals surface area contributed by atoms with Gasteiger partial charge in [-0.25, -0.2) is 9.97 Å². The van der Waals surface area contributed by atoms with Crippen molar-refractivity contribution in [2.75, 3.05) is 43.4 Å². The summed E-state index contributed by atoms with van der Waals surface area (Å²) in [6, 6.07) is 11.5. The number of carbonyl (C=O) groups is 1. The molecule has 1 saturated heterocycles. The van der Waals surface area contributed by atoms with E-state index in [9.17, 15) is 18.0 Å². The van der Waals surface area contributed by atoms with Crippen LogP contribution in [0.4, 0.5) is 30.6 Å². The number of benzene rings is 2. The van der Waals surface area contributed by atoms with Crippen LogP contribution in [0.25, 0.3) is 11.0 Å². The molecule has 43 heavy (non-hydrogen) atoms. The third kappa shape index (κ3) is 6.30. The molecule has 0 unspecified atom stereocenters. The average Bonchev–Trinajstić information content (AvgIpc) is 3.33. The van der Waals surface area contributed by atoms with E-state index in [0.717, 1.165) is 62.2 Å². The van der Waals surface area contributed by atoms with Crippen LogP contribution in [0.1, 0.15) is 37.0 Å². The van der Waals surface area contributed by atoms with E-state index in [1.165, 1.54) is 13.0 Å². The summed E-state index contributed by atoms with van der Waals surface area (Å²) in [7, 11) is 0. The molecule has 9 nitrogen and oxygen atoms in total. The first-order valence-electron chi connectivity index (χ1n) is 14.5. The van der Waals surface area contributed by atoms with Crippen molar-refractivity contribution in [2.24, 2.45) is 0 Å². The van der Waals surface area contributed by atoms with Crippen molar-refractivity contribution in [1.29, 1.82) is 0 Å². The lowest BCUT2D eigenvalue weighted by molar-refractivity contribution is -0.138. The zero-order chi connectivity index (χ0) is 30.1. The molecule has 0 radical (unpaired) electrons. The summed E-state index contributed by atoms with van der Waals surface area (Å²) in [5.41, 5.74) is 2.58. The maximum absolute atomic E-state index is 14.2. The van der Waals surface area contributed by atoms with Crippen LogP contribution >= 0.6 is 0 Å². The number of nitrogens with one attached hydrogen (secondary N) is 2. The third-order valence-electron chi connectivity index (χ3n) is 8.02. The van der Waals surface area contributed by atoms with Gasteiger partial charge in [0.1, 0.15) is 17.3 Å². The van der Waals surface area contributed by atoms with Crippen molar-refractivity contribution < 1.29 is 22.7 Å². The van der Waals surface area contributed by atoms with Gasteiger partial charge in [-0.15, -0.1) is 0 Å². The van der Waals surface area contributed by atoms with E-state index in [-0.39, 0.29) is 18.0 Å². The van der Waals surface area contributed by atoms with Gasteiger partial charge < -0.3 is 24.8 Å².